The molecular formula is C7H13N3ORa. The first kappa shape index (κ1) is 9.41. The van der Waals surface area contributed by atoms with E-state index in [9.17, 15) is 4.79 Å². The number of carbonyl (C=O) groups excluding carboxylic acids is 1. The average molecular weight is 381 g/mol. The molecule has 0 atom stereocenters. The summed E-state index contributed by atoms with van der Waals surface area (Å²) in [6.45, 7) is 2.71. The molecule has 0 radical (unpaired) electrons. The van der Waals surface area contributed by atoms with Gasteiger partial charge in [0.25, 0.3) is 0 Å². The van der Waals surface area contributed by atoms with E-state index in [1.165, 1.54) is 0 Å². The molecule has 64 valence electrons. The summed E-state index contributed by atoms with van der Waals surface area (Å²) in [5.41, 5.74) is -0.120. The minimum atomic E-state index is -0.120. The molecule has 0 aromatic carbocycles. The van der Waals surface area contributed by atoms with Crippen LogP contribution < -0.4 is 0 Å². The number of rotatable bonds is 0. The van der Waals surface area contributed by atoms with Gasteiger partial charge in [0.05, 0.1) is 0 Å². The van der Waals surface area contributed by atoms with Crippen molar-refractivity contribution < 1.29 is 48.0 Å². The Labute approximate surface area is 102 Å². The molecule has 1 spiro atoms. The normalized spacial score (nSPS) is 29.8. The number of hydrogen-bond acceptors (Lipinski definition) is 3. The molecule has 2 heterocycles. The van der Waals surface area contributed by atoms with Crippen LogP contribution >= 0.6 is 0 Å². The van der Waals surface area contributed by atoms with Gasteiger partial charge in [0, 0.05) is 0 Å². The molecule has 0 N–H and O–H groups in total. The Balaban J connectivity index is 2.20. The van der Waals surface area contributed by atoms with E-state index in [0.717, 1.165) is 19.8 Å². The SMILES string of the molecule is CN1CC2(C1)C(=O)[N]([RaH])CN2C. The van der Waals surface area contributed by atoms with E-state index >= 15 is 0 Å². The molecular weight excluding hydrogens is 368 g/mol. The second-order valence-corrected chi connectivity index (χ2v) is 8.48. The maximum atomic E-state index is 11.8. The van der Waals surface area contributed by atoms with Crippen LogP contribution in [0.3, 0.4) is 0 Å². The monoisotopic (exact) mass is 381 g/mol. The molecule has 0 aromatic rings. The third kappa shape index (κ3) is 1.11. The van der Waals surface area contributed by atoms with Gasteiger partial charge in [-0.3, -0.25) is 0 Å². The van der Waals surface area contributed by atoms with Crippen molar-refractivity contribution in [1.29, 1.82) is 0 Å². The van der Waals surface area contributed by atoms with Crippen LogP contribution in [0.4, 0.5) is 0 Å². The van der Waals surface area contributed by atoms with Crippen LogP contribution in [-0.2, 0) is 4.79 Å². The fourth-order valence-electron chi connectivity index (χ4n) is 2.26. The molecule has 0 bridgehead atoms. The van der Waals surface area contributed by atoms with Crippen molar-refractivity contribution in [2.75, 3.05) is 33.9 Å². The Morgan fingerprint density at radius 2 is 2.00 bits per heavy atom. The molecule has 2 rings (SSSR count). The first-order chi connectivity index (χ1) is 5.56. The molecule has 2 saturated heterocycles. The molecule has 2 aliphatic heterocycles. The number of hydrogen-bond donors (Lipinski definition) is 0. The maximum absolute atomic E-state index is 11.8. The van der Waals surface area contributed by atoms with E-state index < -0.39 is 0 Å². The molecule has 12 heavy (non-hydrogen) atoms. The summed E-state index contributed by atoms with van der Waals surface area (Å²) in [6, 6.07) is 0. The number of nitrogens with zero attached hydrogens (tertiary/aromatic N) is 3. The molecule has 2 aliphatic rings. The van der Waals surface area contributed by atoms with E-state index in [-0.39, 0.29) is 48.7 Å². The van der Waals surface area contributed by atoms with Gasteiger partial charge in [-0.05, 0) is 0 Å². The molecule has 5 heteroatoms. The molecule has 0 aliphatic carbocycles. The summed E-state index contributed by atoms with van der Waals surface area (Å²) in [6.07, 6.45) is 0. The standard InChI is InChI=1S/C7H13N3O.Ra.H/c1-9-3-7(4-9)6(11)8-5-10(7)2;;/h3-5H2,1-2H3,(H,8,11);;/q;+1;/p-1. The summed E-state index contributed by atoms with van der Waals surface area (Å²) in [5.74, 6) is 0.383. The molecule has 0 saturated carbocycles. The van der Waals surface area contributed by atoms with Crippen LogP contribution in [0, 0.1) is 43.2 Å². The van der Waals surface area contributed by atoms with Crippen LogP contribution in [-0.4, -0.2) is 55.5 Å². The van der Waals surface area contributed by atoms with Gasteiger partial charge in [-0.1, -0.05) is 0 Å². The Bertz CT molecular complexity index is 227. The fourth-order valence-corrected chi connectivity index (χ4v) is 5.71. The van der Waals surface area contributed by atoms with Gasteiger partial charge >= 0.3 is 104 Å². The van der Waals surface area contributed by atoms with Crippen LogP contribution in [0.5, 0.6) is 0 Å². The first-order valence-corrected chi connectivity index (χ1v) is 7.89. The van der Waals surface area contributed by atoms with E-state index in [2.05, 4.69) is 23.9 Å². The van der Waals surface area contributed by atoms with Crippen molar-refractivity contribution >= 4 is 5.91 Å². The summed E-state index contributed by atoms with van der Waals surface area (Å²) in [5, 5.41) is 0. The minimum absolute atomic E-state index is 0.120. The van der Waals surface area contributed by atoms with Crippen molar-refractivity contribution in [1.82, 2.24) is 10.2 Å². The van der Waals surface area contributed by atoms with Crippen molar-refractivity contribution in [2.24, 2.45) is 0 Å². The zero-order valence-corrected chi connectivity index (χ0v) is 16.1. The number of likely N-dealkylation sites (tertiary alicyclic amines) is 1. The van der Waals surface area contributed by atoms with Crippen LogP contribution in [0.15, 0.2) is 0 Å². The Kier molecular flexibility index (Phi) is 2.30. The Morgan fingerprint density at radius 1 is 1.42 bits per heavy atom. The van der Waals surface area contributed by atoms with Crippen LogP contribution in [0.25, 0.3) is 0 Å². The van der Waals surface area contributed by atoms with E-state index in [1.807, 2.05) is 0.431 Å². The summed E-state index contributed by atoms with van der Waals surface area (Å²) in [4.78, 5) is 16.2. The molecule has 2 fully saturated rings. The quantitative estimate of drug-likeness (QED) is 0.517. The molecule has 4 nitrogen and oxygen atoms in total. The third-order valence-electron chi connectivity index (χ3n) is 2.96. The van der Waals surface area contributed by atoms with Gasteiger partial charge in [-0.25, -0.2) is 0 Å². The summed E-state index contributed by atoms with van der Waals surface area (Å²) < 4.78 is 2.03. The van der Waals surface area contributed by atoms with Gasteiger partial charge in [-0.2, -0.15) is 0 Å². The molecule has 0 aromatic heterocycles. The number of amides is 1. The number of carbonyl (C=O) groups is 1. The zero-order valence-electron chi connectivity index (χ0n) is 7.87. The Hall–Kier alpha value is 0.858. The van der Waals surface area contributed by atoms with E-state index in [4.69, 9.17) is 0 Å². The molecule has 0 unspecified atom stereocenters. The van der Waals surface area contributed by atoms with Gasteiger partial charge in [0.2, 0.25) is 0 Å². The van der Waals surface area contributed by atoms with Gasteiger partial charge < -0.3 is 0 Å². The van der Waals surface area contributed by atoms with Crippen LogP contribution in [0.1, 0.15) is 0 Å². The van der Waals surface area contributed by atoms with Crippen molar-refractivity contribution in [3.05, 3.63) is 0 Å². The van der Waals surface area contributed by atoms with E-state index in [1.54, 1.807) is 0 Å². The topological polar surface area (TPSA) is 26.8 Å². The van der Waals surface area contributed by atoms with Crippen molar-refractivity contribution in [3.8, 4) is 0 Å². The number of likely N-dealkylation sites (N-methyl/N-ethyl adjacent to an activating group) is 2. The van der Waals surface area contributed by atoms with Gasteiger partial charge in [0.1, 0.15) is 0 Å². The second kappa shape index (κ2) is 2.93. The third-order valence-corrected chi connectivity index (χ3v) is 5.79. The molecule has 1 amide bonds. The van der Waals surface area contributed by atoms with Crippen LogP contribution in [0.2, 0.25) is 0 Å². The fraction of sp³-hybridized carbons (Fsp3) is 0.857. The zero-order chi connectivity index (χ0) is 8.93. The second-order valence-electron chi connectivity index (χ2n) is 4.05. The van der Waals surface area contributed by atoms with Crippen molar-refractivity contribution in [2.45, 2.75) is 5.54 Å². The van der Waals surface area contributed by atoms with Gasteiger partial charge in [-0.15, -0.1) is 0 Å². The Morgan fingerprint density at radius 3 is 2.33 bits per heavy atom. The average Bonchev–Trinajstić information content (AvgIpc) is 2.13. The van der Waals surface area contributed by atoms with E-state index in [0.29, 0.717) is 5.91 Å². The van der Waals surface area contributed by atoms with Gasteiger partial charge in [0.15, 0.2) is 0 Å². The summed E-state index contributed by atoms with van der Waals surface area (Å²) in [7, 11) is 4.12. The summed E-state index contributed by atoms with van der Waals surface area (Å²) >= 11 is 0.188. The van der Waals surface area contributed by atoms with Crippen molar-refractivity contribution in [3.63, 3.8) is 0 Å². The first-order valence-electron chi connectivity index (χ1n) is 4.21. The predicted octanol–water partition coefficient (Wildman–Crippen LogP) is -1.40. The predicted molar refractivity (Wildman–Crippen MR) is 41.1 cm³/mol.